The maximum absolute atomic E-state index is 12.7. The molecule has 0 aliphatic carbocycles. The van der Waals surface area contributed by atoms with Crippen LogP contribution >= 0.6 is 0 Å². The van der Waals surface area contributed by atoms with Gasteiger partial charge in [-0.05, 0) is 12.1 Å². The van der Waals surface area contributed by atoms with Gasteiger partial charge >= 0.3 is 5.69 Å². The van der Waals surface area contributed by atoms with Crippen LogP contribution < -0.4 is 21.3 Å². The van der Waals surface area contributed by atoms with E-state index in [0.717, 1.165) is 11.3 Å². The number of carbonyl (C=O) groups excluding carboxylic acids is 1. The third kappa shape index (κ3) is 2.65. The number of aromatic amines is 1. The van der Waals surface area contributed by atoms with Crippen LogP contribution in [0.15, 0.2) is 46.1 Å². The van der Waals surface area contributed by atoms with Crippen LogP contribution in [-0.4, -0.2) is 27.0 Å². The Bertz CT molecular complexity index is 1130. The van der Waals surface area contributed by atoms with Crippen LogP contribution in [0.25, 0.3) is 11.0 Å². The Morgan fingerprint density at radius 3 is 3.00 bits per heavy atom. The zero-order valence-corrected chi connectivity index (χ0v) is 14.0. The molecule has 1 amide bonds. The van der Waals surface area contributed by atoms with Crippen molar-refractivity contribution in [3.8, 4) is 5.75 Å². The second kappa shape index (κ2) is 6.14. The number of nitrogens with one attached hydrogen (secondary N) is 2. The average Bonchev–Trinajstić information content (AvgIpc) is 2.66. The number of pyridine rings is 1. The lowest BCUT2D eigenvalue weighted by molar-refractivity contribution is 0.0924. The van der Waals surface area contributed by atoms with Crippen LogP contribution in [0.4, 0.5) is 0 Å². The number of hydrogen-bond acceptors (Lipinski definition) is 5. The van der Waals surface area contributed by atoms with E-state index >= 15 is 0 Å². The van der Waals surface area contributed by atoms with Crippen LogP contribution in [0.5, 0.6) is 5.75 Å². The molecule has 132 valence electrons. The van der Waals surface area contributed by atoms with Crippen molar-refractivity contribution in [1.82, 2.24) is 19.9 Å². The molecule has 1 atom stereocenters. The lowest BCUT2D eigenvalue weighted by atomic mass is 10.0. The Labute approximate surface area is 147 Å². The Morgan fingerprint density at radius 1 is 1.35 bits per heavy atom. The highest BCUT2D eigenvalue weighted by Gasteiger charge is 2.23. The van der Waals surface area contributed by atoms with E-state index in [9.17, 15) is 14.4 Å². The third-order valence-corrected chi connectivity index (χ3v) is 4.48. The SMILES string of the molecule is Cn1c(=O)[nH]c(=O)c2cc(C(=O)N[C@H]3CCOc4ccccc43)cnc21. The highest BCUT2D eigenvalue weighted by molar-refractivity contribution is 5.97. The summed E-state index contributed by atoms with van der Waals surface area (Å²) in [6.45, 7) is 0.514. The summed E-state index contributed by atoms with van der Waals surface area (Å²) in [5.74, 6) is 0.418. The molecule has 3 aromatic rings. The second-order valence-electron chi connectivity index (χ2n) is 6.11. The number of para-hydroxylation sites is 1. The van der Waals surface area contributed by atoms with Crippen molar-refractivity contribution in [3.63, 3.8) is 0 Å². The minimum Gasteiger partial charge on any atom is -0.493 e. The molecule has 0 radical (unpaired) electrons. The molecule has 8 nitrogen and oxygen atoms in total. The largest absolute Gasteiger partial charge is 0.493 e. The van der Waals surface area contributed by atoms with Gasteiger partial charge < -0.3 is 10.1 Å². The van der Waals surface area contributed by atoms with Gasteiger partial charge in [0.2, 0.25) is 0 Å². The van der Waals surface area contributed by atoms with Gasteiger partial charge in [-0.1, -0.05) is 18.2 Å². The molecular formula is C18H16N4O4. The van der Waals surface area contributed by atoms with E-state index in [-0.39, 0.29) is 28.5 Å². The van der Waals surface area contributed by atoms with Gasteiger partial charge in [0.25, 0.3) is 11.5 Å². The average molecular weight is 352 g/mol. The van der Waals surface area contributed by atoms with Gasteiger partial charge in [-0.3, -0.25) is 19.1 Å². The number of benzene rings is 1. The van der Waals surface area contributed by atoms with Crippen molar-refractivity contribution in [3.05, 3.63) is 68.5 Å². The first-order valence-corrected chi connectivity index (χ1v) is 8.16. The fourth-order valence-corrected chi connectivity index (χ4v) is 3.09. The molecule has 1 aliphatic heterocycles. The van der Waals surface area contributed by atoms with Gasteiger partial charge in [-0.25, -0.2) is 9.78 Å². The minimum atomic E-state index is -0.568. The van der Waals surface area contributed by atoms with E-state index in [1.807, 2.05) is 24.3 Å². The monoisotopic (exact) mass is 352 g/mol. The highest BCUT2D eigenvalue weighted by Crippen LogP contribution is 2.31. The number of H-pyrrole nitrogens is 1. The quantitative estimate of drug-likeness (QED) is 0.712. The molecule has 8 heteroatoms. The molecule has 0 unspecified atom stereocenters. The summed E-state index contributed by atoms with van der Waals surface area (Å²) < 4.78 is 6.83. The van der Waals surface area contributed by atoms with Crippen molar-refractivity contribution in [2.45, 2.75) is 12.5 Å². The Kier molecular flexibility index (Phi) is 3.80. The second-order valence-corrected chi connectivity index (χ2v) is 6.11. The fraction of sp³-hybridized carbons (Fsp3) is 0.222. The van der Waals surface area contributed by atoms with Gasteiger partial charge in [-0.15, -0.1) is 0 Å². The first-order chi connectivity index (χ1) is 12.5. The standard InChI is InChI=1S/C18H16N4O4/c1-22-15-12(17(24)21-18(22)25)8-10(9-19-15)16(23)20-13-6-7-26-14-5-3-2-4-11(13)14/h2-5,8-9,13H,6-7H2,1H3,(H,20,23)(H,21,24,25)/t13-/m0/s1. The summed E-state index contributed by atoms with van der Waals surface area (Å²) in [6, 6.07) is 8.82. The van der Waals surface area contributed by atoms with Crippen molar-refractivity contribution < 1.29 is 9.53 Å². The van der Waals surface area contributed by atoms with Crippen LogP contribution in [0.3, 0.4) is 0 Å². The number of rotatable bonds is 2. The summed E-state index contributed by atoms with van der Waals surface area (Å²) >= 11 is 0. The zero-order chi connectivity index (χ0) is 18.3. The molecule has 0 saturated carbocycles. The van der Waals surface area contributed by atoms with Gasteiger partial charge in [0.15, 0.2) is 0 Å². The Hall–Kier alpha value is -3.42. The number of fused-ring (bicyclic) bond motifs is 2. The summed E-state index contributed by atoms with van der Waals surface area (Å²) in [5.41, 5.74) is 0.283. The molecule has 0 bridgehead atoms. The van der Waals surface area contributed by atoms with E-state index in [1.165, 1.54) is 23.9 Å². The molecule has 0 saturated heterocycles. The summed E-state index contributed by atoms with van der Waals surface area (Å²) in [4.78, 5) is 42.6. The van der Waals surface area contributed by atoms with Crippen molar-refractivity contribution >= 4 is 16.9 Å². The van der Waals surface area contributed by atoms with Crippen LogP contribution in [0.2, 0.25) is 0 Å². The lowest BCUT2D eigenvalue weighted by Crippen LogP contribution is -2.33. The van der Waals surface area contributed by atoms with Crippen LogP contribution in [0, 0.1) is 0 Å². The van der Waals surface area contributed by atoms with Crippen LogP contribution in [0.1, 0.15) is 28.4 Å². The maximum Gasteiger partial charge on any atom is 0.329 e. The topological polar surface area (TPSA) is 106 Å². The summed E-state index contributed by atoms with van der Waals surface area (Å²) in [7, 11) is 1.51. The van der Waals surface area contributed by atoms with Gasteiger partial charge in [0, 0.05) is 25.2 Å². The molecular weight excluding hydrogens is 336 g/mol. The van der Waals surface area contributed by atoms with Crippen molar-refractivity contribution in [2.24, 2.45) is 7.05 Å². The molecule has 2 N–H and O–H groups in total. The van der Waals surface area contributed by atoms with Crippen molar-refractivity contribution in [2.75, 3.05) is 6.61 Å². The summed E-state index contributed by atoms with van der Waals surface area (Å²) in [5, 5.41) is 3.15. The smallest absolute Gasteiger partial charge is 0.329 e. The lowest BCUT2D eigenvalue weighted by Gasteiger charge is -2.26. The molecule has 2 aromatic heterocycles. The zero-order valence-electron chi connectivity index (χ0n) is 14.0. The fourth-order valence-electron chi connectivity index (χ4n) is 3.09. The number of aromatic nitrogens is 3. The predicted molar refractivity (Wildman–Crippen MR) is 94.4 cm³/mol. The van der Waals surface area contributed by atoms with Crippen molar-refractivity contribution in [1.29, 1.82) is 0 Å². The normalized spacial score (nSPS) is 16.0. The van der Waals surface area contributed by atoms with E-state index < -0.39 is 11.2 Å². The predicted octanol–water partition coefficient (Wildman–Crippen LogP) is 0.875. The number of aryl methyl sites for hydroxylation is 1. The Balaban J connectivity index is 1.68. The number of nitrogens with zero attached hydrogens (tertiary/aromatic N) is 2. The van der Waals surface area contributed by atoms with Gasteiger partial charge in [0.05, 0.1) is 23.6 Å². The molecule has 26 heavy (non-hydrogen) atoms. The Morgan fingerprint density at radius 2 is 2.15 bits per heavy atom. The van der Waals surface area contributed by atoms with E-state index in [1.54, 1.807) is 0 Å². The van der Waals surface area contributed by atoms with E-state index in [2.05, 4.69) is 15.3 Å². The molecule has 0 spiro atoms. The maximum atomic E-state index is 12.7. The van der Waals surface area contributed by atoms with E-state index in [0.29, 0.717) is 13.0 Å². The van der Waals surface area contributed by atoms with Gasteiger partial charge in [-0.2, -0.15) is 0 Å². The molecule has 3 heterocycles. The molecule has 0 fully saturated rings. The third-order valence-electron chi connectivity index (χ3n) is 4.48. The number of hydrogen-bond donors (Lipinski definition) is 2. The number of ether oxygens (including phenoxy) is 1. The first kappa shape index (κ1) is 16.1. The summed E-state index contributed by atoms with van der Waals surface area (Å²) in [6.07, 6.45) is 2.01. The molecule has 1 aliphatic rings. The molecule has 4 rings (SSSR count). The highest BCUT2D eigenvalue weighted by atomic mass is 16.5. The van der Waals surface area contributed by atoms with Crippen LogP contribution in [-0.2, 0) is 7.05 Å². The first-order valence-electron chi connectivity index (χ1n) is 8.16. The van der Waals surface area contributed by atoms with E-state index in [4.69, 9.17) is 4.74 Å². The number of carbonyl (C=O) groups is 1. The minimum absolute atomic E-state index is 0.179. The van der Waals surface area contributed by atoms with Gasteiger partial charge in [0.1, 0.15) is 11.4 Å². The molecule has 1 aromatic carbocycles. The number of amides is 1.